The first kappa shape index (κ1) is 18.4. The maximum Gasteiger partial charge on any atom is 0.333 e. The summed E-state index contributed by atoms with van der Waals surface area (Å²) in [7, 11) is 3.16. The second kappa shape index (κ2) is 8.25. The molecular weight excluding hydrogens is 394 g/mol. The largest absolute Gasteiger partial charge is 0.497 e. The van der Waals surface area contributed by atoms with Gasteiger partial charge in [-0.3, -0.25) is 9.62 Å². The molecule has 0 fully saturated rings. The zero-order valence-corrected chi connectivity index (χ0v) is 16.0. The van der Waals surface area contributed by atoms with Crippen LogP contribution >= 0.6 is 28.7 Å². The van der Waals surface area contributed by atoms with Crippen molar-refractivity contribution < 1.29 is 14.3 Å². The molecule has 0 aliphatic heterocycles. The number of urea groups is 1. The van der Waals surface area contributed by atoms with E-state index in [1.54, 1.807) is 44.7 Å². The van der Waals surface area contributed by atoms with Gasteiger partial charge in [0.25, 0.3) is 0 Å². The lowest BCUT2D eigenvalue weighted by atomic mass is 10.1. The van der Waals surface area contributed by atoms with Crippen molar-refractivity contribution in [3.8, 4) is 11.5 Å². The highest BCUT2D eigenvalue weighted by molar-refractivity contribution is 9.10. The Balaban J connectivity index is 2.17. The molecule has 2 rings (SSSR count). The molecular formula is C16H18BrN3O3S. The molecule has 0 spiro atoms. The van der Waals surface area contributed by atoms with Crippen LogP contribution in [-0.4, -0.2) is 29.5 Å². The Morgan fingerprint density at radius 2 is 2.04 bits per heavy atom. The van der Waals surface area contributed by atoms with Crippen LogP contribution in [0.15, 0.2) is 41.0 Å². The summed E-state index contributed by atoms with van der Waals surface area (Å²) >= 11 is 7.62. The second-order valence-electron chi connectivity index (χ2n) is 4.92. The number of anilines is 1. The summed E-state index contributed by atoms with van der Waals surface area (Å²) < 4.78 is 12.7. The highest BCUT2D eigenvalue weighted by atomic mass is 79.9. The third-order valence-electron chi connectivity index (χ3n) is 3.42. The van der Waals surface area contributed by atoms with Gasteiger partial charge in [0.15, 0.2) is 0 Å². The molecule has 1 atom stereocenters. The van der Waals surface area contributed by atoms with Gasteiger partial charge in [0.2, 0.25) is 0 Å². The Morgan fingerprint density at radius 1 is 1.29 bits per heavy atom. The fourth-order valence-electron chi connectivity index (χ4n) is 2.09. The van der Waals surface area contributed by atoms with Crippen LogP contribution in [0, 0.1) is 0 Å². The van der Waals surface area contributed by atoms with Crippen molar-refractivity contribution in [1.29, 1.82) is 0 Å². The number of nitrogens with one attached hydrogen (secondary N) is 1. The Morgan fingerprint density at radius 3 is 2.62 bits per heavy atom. The van der Waals surface area contributed by atoms with Gasteiger partial charge in [-0.2, -0.15) is 0 Å². The molecule has 2 amide bonds. The fourth-order valence-corrected chi connectivity index (χ4v) is 2.50. The van der Waals surface area contributed by atoms with Crippen molar-refractivity contribution >= 4 is 40.6 Å². The summed E-state index contributed by atoms with van der Waals surface area (Å²) in [4.78, 5) is 16.5. The first-order valence-corrected chi connectivity index (χ1v) is 8.28. The number of thiol groups is 1. The third-order valence-corrected chi connectivity index (χ3v) is 4.42. The smallest absolute Gasteiger partial charge is 0.333 e. The summed E-state index contributed by atoms with van der Waals surface area (Å²) in [6.45, 7) is 1.85. The summed E-state index contributed by atoms with van der Waals surface area (Å²) in [5.41, 5.74) is 0.783. The fraction of sp³-hybridized carbons (Fsp3) is 0.250. The molecule has 1 heterocycles. The van der Waals surface area contributed by atoms with Crippen LogP contribution in [0.1, 0.15) is 18.5 Å². The Labute approximate surface area is 154 Å². The number of halogens is 1. The molecule has 0 aliphatic rings. The average Bonchev–Trinajstić information content (AvgIpc) is 2.61. The maximum absolute atomic E-state index is 12.4. The molecule has 0 saturated carbocycles. The van der Waals surface area contributed by atoms with Crippen molar-refractivity contribution in [3.05, 3.63) is 46.6 Å². The Bertz CT molecular complexity index is 712. The topological polar surface area (TPSA) is 63.7 Å². The predicted octanol–water partition coefficient (Wildman–Crippen LogP) is 4.30. The van der Waals surface area contributed by atoms with E-state index in [1.807, 2.05) is 13.0 Å². The molecule has 1 aromatic heterocycles. The lowest BCUT2D eigenvalue weighted by Gasteiger charge is -2.25. The molecule has 8 heteroatoms. The molecule has 0 bridgehead atoms. The lowest BCUT2D eigenvalue weighted by Crippen LogP contribution is -2.30. The van der Waals surface area contributed by atoms with E-state index in [4.69, 9.17) is 9.47 Å². The number of carbonyl (C=O) groups excluding carboxylic acids is 1. The Hall–Kier alpha value is -1.93. The minimum absolute atomic E-state index is 0.353. The van der Waals surface area contributed by atoms with E-state index in [0.29, 0.717) is 17.3 Å². The van der Waals surface area contributed by atoms with Crippen LogP contribution in [0.2, 0.25) is 0 Å². The molecule has 0 radical (unpaired) electrons. The van der Waals surface area contributed by atoms with Gasteiger partial charge in [-0.25, -0.2) is 9.78 Å². The van der Waals surface area contributed by atoms with Gasteiger partial charge < -0.3 is 9.47 Å². The SMILES string of the molecule is COc1ccc(OC)c(C(C)N(S)C(=O)Nc2ccc(Br)cn2)c1. The van der Waals surface area contributed by atoms with Gasteiger partial charge in [-0.1, -0.05) is 12.8 Å². The normalized spacial score (nSPS) is 11.5. The summed E-state index contributed by atoms with van der Waals surface area (Å²) in [5.74, 6) is 1.76. The van der Waals surface area contributed by atoms with E-state index in [2.05, 4.69) is 39.0 Å². The number of nitrogens with zero attached hydrogens (tertiary/aromatic N) is 2. The first-order valence-electron chi connectivity index (χ1n) is 7.08. The van der Waals surface area contributed by atoms with Gasteiger partial charge in [0.1, 0.15) is 17.3 Å². The molecule has 1 N–H and O–H groups in total. The molecule has 1 aromatic carbocycles. The average molecular weight is 412 g/mol. The molecule has 0 saturated heterocycles. The number of pyridine rings is 1. The van der Waals surface area contributed by atoms with Crippen molar-refractivity contribution in [2.24, 2.45) is 0 Å². The number of hydrogen-bond acceptors (Lipinski definition) is 5. The first-order chi connectivity index (χ1) is 11.5. The van der Waals surface area contributed by atoms with Gasteiger partial charge in [0.05, 0.1) is 20.3 Å². The van der Waals surface area contributed by atoms with E-state index < -0.39 is 6.03 Å². The summed E-state index contributed by atoms with van der Waals surface area (Å²) in [6, 6.07) is 8.14. The van der Waals surface area contributed by atoms with Gasteiger partial charge in [0, 0.05) is 16.2 Å². The molecule has 24 heavy (non-hydrogen) atoms. The molecule has 6 nitrogen and oxygen atoms in total. The molecule has 0 aliphatic carbocycles. The number of ether oxygens (including phenoxy) is 2. The van der Waals surface area contributed by atoms with Gasteiger partial charge >= 0.3 is 6.03 Å². The van der Waals surface area contributed by atoms with Crippen LogP contribution in [0.3, 0.4) is 0 Å². The number of benzene rings is 1. The minimum atomic E-state index is -0.398. The number of carbonyl (C=O) groups is 1. The van der Waals surface area contributed by atoms with Crippen molar-refractivity contribution in [2.45, 2.75) is 13.0 Å². The third kappa shape index (κ3) is 4.33. The molecule has 1 unspecified atom stereocenters. The van der Waals surface area contributed by atoms with E-state index >= 15 is 0 Å². The van der Waals surface area contributed by atoms with Crippen LogP contribution in [-0.2, 0) is 0 Å². The zero-order valence-electron chi connectivity index (χ0n) is 13.5. The number of methoxy groups -OCH3 is 2. The lowest BCUT2D eigenvalue weighted by molar-refractivity contribution is 0.231. The Kier molecular flexibility index (Phi) is 6.33. The van der Waals surface area contributed by atoms with Crippen LogP contribution < -0.4 is 14.8 Å². The number of amides is 2. The summed E-state index contributed by atoms with van der Waals surface area (Å²) in [5, 5.41) is 2.69. The van der Waals surface area contributed by atoms with Crippen molar-refractivity contribution in [1.82, 2.24) is 9.29 Å². The van der Waals surface area contributed by atoms with E-state index in [9.17, 15) is 4.79 Å². The number of hydrogen-bond donors (Lipinski definition) is 2. The van der Waals surface area contributed by atoms with E-state index in [1.165, 1.54) is 4.31 Å². The number of aromatic nitrogens is 1. The van der Waals surface area contributed by atoms with E-state index in [-0.39, 0.29) is 6.04 Å². The second-order valence-corrected chi connectivity index (χ2v) is 6.27. The van der Waals surface area contributed by atoms with Crippen LogP contribution in [0.5, 0.6) is 11.5 Å². The van der Waals surface area contributed by atoms with Crippen molar-refractivity contribution in [2.75, 3.05) is 19.5 Å². The monoisotopic (exact) mass is 411 g/mol. The zero-order chi connectivity index (χ0) is 17.7. The van der Waals surface area contributed by atoms with E-state index in [0.717, 1.165) is 10.0 Å². The quantitative estimate of drug-likeness (QED) is 0.719. The van der Waals surface area contributed by atoms with Gasteiger partial charge in [-0.05, 0) is 53.2 Å². The minimum Gasteiger partial charge on any atom is -0.497 e. The predicted molar refractivity (Wildman–Crippen MR) is 99.7 cm³/mol. The van der Waals surface area contributed by atoms with Gasteiger partial charge in [-0.15, -0.1) is 0 Å². The highest BCUT2D eigenvalue weighted by Crippen LogP contribution is 2.33. The van der Waals surface area contributed by atoms with Crippen LogP contribution in [0.4, 0.5) is 10.6 Å². The number of rotatable bonds is 5. The standard InChI is InChI=1S/C16H18BrN3O3S/c1-10(13-8-12(22-2)5-6-14(13)23-3)20(24)16(21)19-15-7-4-11(17)9-18-15/h4-10,24H,1-3H3,(H,18,19,21). The molecule has 2 aromatic rings. The van der Waals surface area contributed by atoms with Crippen LogP contribution in [0.25, 0.3) is 0 Å². The highest BCUT2D eigenvalue weighted by Gasteiger charge is 2.22. The maximum atomic E-state index is 12.4. The molecule has 128 valence electrons. The van der Waals surface area contributed by atoms with Crippen molar-refractivity contribution in [3.63, 3.8) is 0 Å². The summed E-state index contributed by atoms with van der Waals surface area (Å²) in [6.07, 6.45) is 1.60.